The summed E-state index contributed by atoms with van der Waals surface area (Å²) in [6.07, 6.45) is 0. The van der Waals surface area contributed by atoms with Crippen LogP contribution < -0.4 is 5.73 Å². The fraction of sp³-hybridized carbons (Fsp3) is 0.455. The van der Waals surface area contributed by atoms with Crippen LogP contribution in [0.15, 0.2) is 23.1 Å². The first kappa shape index (κ1) is 15.5. The molecule has 0 aliphatic heterocycles. The standard InChI is InChI=1S/C11H17N3O4S/c1-13(2)5-6-19(17,18)10-4-3-9(8-12)11(7-10)14(15)16/h3-4,7H,5-6,8,12H2,1-2H3. The molecule has 1 aromatic rings. The van der Waals surface area contributed by atoms with Crippen molar-refractivity contribution in [2.75, 3.05) is 26.4 Å². The molecule has 0 fully saturated rings. The van der Waals surface area contributed by atoms with Crippen molar-refractivity contribution in [3.63, 3.8) is 0 Å². The number of nitro benzene ring substituents is 1. The molecule has 0 heterocycles. The molecule has 8 heteroatoms. The average Bonchev–Trinajstić information content (AvgIpc) is 2.35. The van der Waals surface area contributed by atoms with Gasteiger partial charge in [0, 0.05) is 24.7 Å². The minimum atomic E-state index is -3.52. The van der Waals surface area contributed by atoms with Crippen molar-refractivity contribution in [1.29, 1.82) is 0 Å². The first-order valence-corrected chi connectivity index (χ1v) is 7.28. The van der Waals surface area contributed by atoms with Crippen molar-refractivity contribution >= 4 is 15.5 Å². The van der Waals surface area contributed by atoms with E-state index in [9.17, 15) is 18.5 Å². The molecule has 0 atom stereocenters. The number of rotatable bonds is 6. The predicted octanol–water partition coefficient (Wildman–Crippen LogP) is 0.389. The van der Waals surface area contributed by atoms with Crippen LogP contribution in [-0.4, -0.2) is 44.6 Å². The van der Waals surface area contributed by atoms with Crippen LogP contribution in [0.5, 0.6) is 0 Å². The Bertz CT molecular complexity index is 569. The highest BCUT2D eigenvalue weighted by molar-refractivity contribution is 7.91. The Morgan fingerprint density at radius 1 is 1.37 bits per heavy atom. The van der Waals surface area contributed by atoms with Crippen molar-refractivity contribution in [3.8, 4) is 0 Å². The number of nitrogens with two attached hydrogens (primary N) is 1. The van der Waals surface area contributed by atoms with E-state index in [1.54, 1.807) is 19.0 Å². The van der Waals surface area contributed by atoms with Crippen molar-refractivity contribution in [3.05, 3.63) is 33.9 Å². The van der Waals surface area contributed by atoms with Gasteiger partial charge >= 0.3 is 0 Å². The summed E-state index contributed by atoms with van der Waals surface area (Å²) in [6.45, 7) is 0.350. The molecule has 0 aromatic heterocycles. The van der Waals surface area contributed by atoms with Gasteiger partial charge in [-0.1, -0.05) is 0 Å². The molecule has 0 bridgehead atoms. The maximum atomic E-state index is 12.0. The molecule has 2 N–H and O–H groups in total. The zero-order chi connectivity index (χ0) is 14.6. The van der Waals surface area contributed by atoms with Gasteiger partial charge in [0.15, 0.2) is 9.84 Å². The minimum absolute atomic E-state index is 0.00562. The van der Waals surface area contributed by atoms with Gasteiger partial charge in [-0.2, -0.15) is 0 Å². The van der Waals surface area contributed by atoms with E-state index in [4.69, 9.17) is 5.73 Å². The van der Waals surface area contributed by atoms with Gasteiger partial charge in [0.2, 0.25) is 0 Å². The molecule has 0 unspecified atom stereocenters. The van der Waals surface area contributed by atoms with Gasteiger partial charge in [-0.25, -0.2) is 8.42 Å². The second-order valence-corrected chi connectivity index (χ2v) is 6.48. The van der Waals surface area contributed by atoms with Gasteiger partial charge < -0.3 is 10.6 Å². The summed E-state index contributed by atoms with van der Waals surface area (Å²) < 4.78 is 24.1. The average molecular weight is 287 g/mol. The summed E-state index contributed by atoms with van der Waals surface area (Å²) in [6, 6.07) is 3.83. The van der Waals surface area contributed by atoms with Gasteiger partial charge in [-0.15, -0.1) is 0 Å². The lowest BCUT2D eigenvalue weighted by Gasteiger charge is -2.10. The number of benzene rings is 1. The lowest BCUT2D eigenvalue weighted by atomic mass is 10.2. The summed E-state index contributed by atoms with van der Waals surface area (Å²) in [4.78, 5) is 11.9. The molecule has 7 nitrogen and oxygen atoms in total. The molecule has 106 valence electrons. The summed E-state index contributed by atoms with van der Waals surface area (Å²) in [5.74, 6) is -0.0842. The van der Waals surface area contributed by atoms with E-state index in [0.717, 1.165) is 6.07 Å². The maximum absolute atomic E-state index is 12.0. The molecular weight excluding hydrogens is 270 g/mol. The SMILES string of the molecule is CN(C)CCS(=O)(=O)c1ccc(CN)c([N+](=O)[O-])c1. The zero-order valence-electron chi connectivity index (χ0n) is 10.9. The fourth-order valence-corrected chi connectivity index (χ4v) is 2.91. The molecule has 0 spiro atoms. The van der Waals surface area contributed by atoms with Crippen LogP contribution in [0.1, 0.15) is 5.56 Å². The van der Waals surface area contributed by atoms with Gasteiger partial charge in [0.05, 0.1) is 15.6 Å². The van der Waals surface area contributed by atoms with Crippen molar-refractivity contribution in [2.45, 2.75) is 11.4 Å². The van der Waals surface area contributed by atoms with Crippen LogP contribution in [0.3, 0.4) is 0 Å². The highest BCUT2D eigenvalue weighted by Gasteiger charge is 2.20. The molecule has 1 aromatic carbocycles. The van der Waals surface area contributed by atoms with E-state index in [2.05, 4.69) is 0 Å². The summed E-state index contributed by atoms with van der Waals surface area (Å²) in [5, 5.41) is 10.9. The van der Waals surface area contributed by atoms with Crippen LogP contribution >= 0.6 is 0 Å². The van der Waals surface area contributed by atoms with Crippen LogP contribution in [0.4, 0.5) is 5.69 Å². The topological polar surface area (TPSA) is 107 Å². The Labute approximate surface area is 112 Å². The molecule has 19 heavy (non-hydrogen) atoms. The quantitative estimate of drug-likeness (QED) is 0.599. The Morgan fingerprint density at radius 2 is 2.00 bits per heavy atom. The highest BCUT2D eigenvalue weighted by Crippen LogP contribution is 2.23. The molecule has 0 aliphatic carbocycles. The van der Waals surface area contributed by atoms with Crippen LogP contribution in [0.25, 0.3) is 0 Å². The monoisotopic (exact) mass is 287 g/mol. The Hall–Kier alpha value is -1.51. The Morgan fingerprint density at radius 3 is 2.47 bits per heavy atom. The first-order valence-electron chi connectivity index (χ1n) is 5.63. The fourth-order valence-electron chi connectivity index (χ4n) is 1.50. The summed E-state index contributed by atoms with van der Waals surface area (Å²) in [7, 11) is -0.00444. The van der Waals surface area contributed by atoms with E-state index in [0.29, 0.717) is 12.1 Å². The number of hydrogen-bond donors (Lipinski definition) is 1. The normalized spacial score (nSPS) is 11.8. The first-order chi connectivity index (χ1) is 8.77. The van der Waals surface area contributed by atoms with E-state index < -0.39 is 14.8 Å². The third-order valence-corrected chi connectivity index (χ3v) is 4.33. The number of sulfone groups is 1. The van der Waals surface area contributed by atoms with E-state index in [1.165, 1.54) is 12.1 Å². The van der Waals surface area contributed by atoms with Gasteiger partial charge in [-0.05, 0) is 26.2 Å². The van der Waals surface area contributed by atoms with Crippen molar-refractivity contribution in [2.24, 2.45) is 5.73 Å². The molecule has 0 amide bonds. The number of nitrogens with zero attached hydrogens (tertiary/aromatic N) is 2. The number of hydrogen-bond acceptors (Lipinski definition) is 6. The van der Waals surface area contributed by atoms with Gasteiger partial charge in [0.25, 0.3) is 5.69 Å². The zero-order valence-corrected chi connectivity index (χ0v) is 11.7. The largest absolute Gasteiger partial charge is 0.326 e. The predicted molar refractivity (Wildman–Crippen MR) is 71.6 cm³/mol. The lowest BCUT2D eigenvalue weighted by Crippen LogP contribution is -2.22. The minimum Gasteiger partial charge on any atom is -0.326 e. The van der Waals surface area contributed by atoms with Crippen molar-refractivity contribution in [1.82, 2.24) is 4.90 Å². The number of nitro groups is 1. The van der Waals surface area contributed by atoms with Crippen LogP contribution in [-0.2, 0) is 16.4 Å². The molecule has 1 rings (SSSR count). The summed E-state index contributed by atoms with van der Waals surface area (Å²) >= 11 is 0. The van der Waals surface area contributed by atoms with Gasteiger partial charge in [-0.3, -0.25) is 10.1 Å². The Kier molecular flexibility index (Phi) is 4.98. The molecular formula is C11H17N3O4S. The maximum Gasteiger partial charge on any atom is 0.275 e. The van der Waals surface area contributed by atoms with Gasteiger partial charge in [0.1, 0.15) is 0 Å². The molecule has 0 aliphatic rings. The second kappa shape index (κ2) is 6.09. The van der Waals surface area contributed by atoms with E-state index >= 15 is 0 Å². The van der Waals surface area contributed by atoms with Crippen LogP contribution in [0.2, 0.25) is 0 Å². The van der Waals surface area contributed by atoms with Crippen LogP contribution in [0, 0.1) is 10.1 Å². The second-order valence-electron chi connectivity index (χ2n) is 4.37. The van der Waals surface area contributed by atoms with E-state index in [1.807, 2.05) is 0 Å². The highest BCUT2D eigenvalue weighted by atomic mass is 32.2. The third kappa shape index (κ3) is 3.98. The third-order valence-electron chi connectivity index (χ3n) is 2.64. The molecule has 0 radical (unpaired) electrons. The smallest absolute Gasteiger partial charge is 0.275 e. The molecule has 0 saturated carbocycles. The molecule has 0 saturated heterocycles. The lowest BCUT2D eigenvalue weighted by molar-refractivity contribution is -0.385. The Balaban J connectivity index is 3.14. The van der Waals surface area contributed by atoms with Crippen molar-refractivity contribution < 1.29 is 13.3 Å². The van der Waals surface area contributed by atoms with E-state index in [-0.39, 0.29) is 22.9 Å². The summed E-state index contributed by atoms with van der Waals surface area (Å²) in [5.41, 5.74) is 5.45.